The zero-order valence-electron chi connectivity index (χ0n) is 12.5. The molecule has 0 aliphatic carbocycles. The summed E-state index contributed by atoms with van der Waals surface area (Å²) < 4.78 is 5.60. The van der Waals surface area contributed by atoms with E-state index in [2.05, 4.69) is 5.32 Å². The van der Waals surface area contributed by atoms with E-state index in [0.29, 0.717) is 18.4 Å². The molecule has 4 nitrogen and oxygen atoms in total. The molecule has 0 saturated carbocycles. The Balaban J connectivity index is 1.40. The molecule has 2 aliphatic rings. The minimum Gasteiger partial charge on any atom is -0.493 e. The summed E-state index contributed by atoms with van der Waals surface area (Å²) in [6, 6.07) is 9.68. The summed E-state index contributed by atoms with van der Waals surface area (Å²) >= 11 is 0. The van der Waals surface area contributed by atoms with E-state index in [4.69, 9.17) is 4.74 Å². The van der Waals surface area contributed by atoms with Crippen LogP contribution in [0.15, 0.2) is 30.3 Å². The van der Waals surface area contributed by atoms with Crippen molar-refractivity contribution in [2.45, 2.75) is 25.7 Å². The van der Waals surface area contributed by atoms with E-state index in [1.54, 1.807) is 0 Å². The Hall–Kier alpha value is -1.55. The van der Waals surface area contributed by atoms with E-state index >= 15 is 0 Å². The third-order valence-corrected chi connectivity index (χ3v) is 4.84. The Morgan fingerprint density at radius 1 is 1.19 bits per heavy atom. The first-order valence-corrected chi connectivity index (χ1v) is 7.94. The van der Waals surface area contributed by atoms with Crippen molar-refractivity contribution in [2.24, 2.45) is 5.41 Å². The molecule has 2 fully saturated rings. The lowest BCUT2D eigenvalue weighted by Crippen LogP contribution is -2.44. The van der Waals surface area contributed by atoms with Crippen LogP contribution in [0.2, 0.25) is 0 Å². The SMILES string of the molecule is O=C(CCOc1ccccc1)N1CCC2(CCNC2)CC1. The topological polar surface area (TPSA) is 41.6 Å². The third kappa shape index (κ3) is 3.56. The molecule has 4 heteroatoms. The summed E-state index contributed by atoms with van der Waals surface area (Å²) in [6.07, 6.45) is 4.03. The number of nitrogens with one attached hydrogen (secondary N) is 1. The van der Waals surface area contributed by atoms with Crippen molar-refractivity contribution in [1.82, 2.24) is 10.2 Å². The fraction of sp³-hybridized carbons (Fsp3) is 0.588. The average Bonchev–Trinajstić information content (AvgIpc) is 2.97. The number of hydrogen-bond donors (Lipinski definition) is 1. The number of carbonyl (C=O) groups excluding carboxylic acids is 1. The number of likely N-dealkylation sites (tertiary alicyclic amines) is 1. The molecule has 114 valence electrons. The van der Waals surface area contributed by atoms with Crippen molar-refractivity contribution in [2.75, 3.05) is 32.8 Å². The average molecular weight is 288 g/mol. The number of nitrogens with zero attached hydrogens (tertiary/aromatic N) is 1. The fourth-order valence-electron chi connectivity index (χ4n) is 3.38. The molecule has 1 aromatic carbocycles. The van der Waals surface area contributed by atoms with Crippen molar-refractivity contribution in [1.29, 1.82) is 0 Å². The fourth-order valence-corrected chi connectivity index (χ4v) is 3.38. The Labute approximate surface area is 126 Å². The van der Waals surface area contributed by atoms with Gasteiger partial charge >= 0.3 is 0 Å². The van der Waals surface area contributed by atoms with Crippen molar-refractivity contribution in [3.8, 4) is 5.75 Å². The number of ether oxygens (including phenoxy) is 1. The van der Waals surface area contributed by atoms with Crippen molar-refractivity contribution in [3.63, 3.8) is 0 Å². The van der Waals surface area contributed by atoms with Gasteiger partial charge in [-0.3, -0.25) is 4.79 Å². The van der Waals surface area contributed by atoms with Gasteiger partial charge in [0.15, 0.2) is 0 Å². The molecule has 3 rings (SSSR count). The van der Waals surface area contributed by atoms with Crippen LogP contribution in [0.5, 0.6) is 5.75 Å². The van der Waals surface area contributed by atoms with Crippen LogP contribution in [0.1, 0.15) is 25.7 Å². The van der Waals surface area contributed by atoms with Gasteiger partial charge in [0, 0.05) is 19.6 Å². The van der Waals surface area contributed by atoms with Crippen LogP contribution < -0.4 is 10.1 Å². The Kier molecular flexibility index (Phi) is 4.44. The van der Waals surface area contributed by atoms with Gasteiger partial charge in [-0.2, -0.15) is 0 Å². The molecule has 0 atom stereocenters. The van der Waals surface area contributed by atoms with Gasteiger partial charge in [-0.1, -0.05) is 18.2 Å². The summed E-state index contributed by atoms with van der Waals surface area (Å²) in [4.78, 5) is 14.2. The van der Waals surface area contributed by atoms with E-state index in [9.17, 15) is 4.79 Å². The molecule has 1 amide bonds. The van der Waals surface area contributed by atoms with Gasteiger partial charge in [0.2, 0.25) is 5.91 Å². The maximum Gasteiger partial charge on any atom is 0.225 e. The molecule has 0 aromatic heterocycles. The quantitative estimate of drug-likeness (QED) is 0.922. The first-order valence-electron chi connectivity index (χ1n) is 7.94. The molecule has 2 aliphatic heterocycles. The Morgan fingerprint density at radius 3 is 2.62 bits per heavy atom. The number of para-hydroxylation sites is 1. The Bertz CT molecular complexity index is 459. The van der Waals surface area contributed by atoms with Crippen LogP contribution in [0.4, 0.5) is 0 Å². The summed E-state index contributed by atoms with van der Waals surface area (Å²) in [7, 11) is 0. The zero-order valence-corrected chi connectivity index (χ0v) is 12.5. The number of carbonyl (C=O) groups is 1. The van der Waals surface area contributed by atoms with E-state index in [0.717, 1.165) is 44.8 Å². The highest BCUT2D eigenvalue weighted by Crippen LogP contribution is 2.36. The lowest BCUT2D eigenvalue weighted by molar-refractivity contribution is -0.133. The molecule has 0 radical (unpaired) electrons. The second-order valence-electron chi connectivity index (χ2n) is 6.22. The van der Waals surface area contributed by atoms with Gasteiger partial charge in [-0.25, -0.2) is 0 Å². The maximum absolute atomic E-state index is 12.2. The molecule has 21 heavy (non-hydrogen) atoms. The number of amides is 1. The number of benzene rings is 1. The van der Waals surface area contributed by atoms with E-state index in [-0.39, 0.29) is 5.91 Å². The van der Waals surface area contributed by atoms with Gasteiger partial charge in [0.05, 0.1) is 13.0 Å². The van der Waals surface area contributed by atoms with Crippen molar-refractivity contribution >= 4 is 5.91 Å². The van der Waals surface area contributed by atoms with Crippen LogP contribution >= 0.6 is 0 Å². The minimum absolute atomic E-state index is 0.228. The molecule has 0 unspecified atom stereocenters. The van der Waals surface area contributed by atoms with E-state index in [1.807, 2.05) is 35.2 Å². The van der Waals surface area contributed by atoms with Crippen LogP contribution in [0.25, 0.3) is 0 Å². The predicted octanol–water partition coefficient (Wildman–Crippen LogP) is 2.06. The Morgan fingerprint density at radius 2 is 1.95 bits per heavy atom. The molecular formula is C17H24N2O2. The van der Waals surface area contributed by atoms with Gasteiger partial charge in [-0.15, -0.1) is 0 Å². The molecule has 2 heterocycles. The lowest BCUT2D eigenvalue weighted by atomic mass is 9.78. The monoisotopic (exact) mass is 288 g/mol. The highest BCUT2D eigenvalue weighted by atomic mass is 16.5. The lowest BCUT2D eigenvalue weighted by Gasteiger charge is -2.38. The van der Waals surface area contributed by atoms with Gasteiger partial charge in [0.25, 0.3) is 0 Å². The molecular weight excluding hydrogens is 264 g/mol. The zero-order chi connectivity index (χ0) is 14.5. The summed E-state index contributed by atoms with van der Waals surface area (Å²) in [5.41, 5.74) is 0.470. The molecule has 2 saturated heterocycles. The predicted molar refractivity (Wildman–Crippen MR) is 82.3 cm³/mol. The molecule has 1 N–H and O–H groups in total. The normalized spacial score (nSPS) is 20.7. The van der Waals surface area contributed by atoms with Gasteiger partial charge in [0.1, 0.15) is 5.75 Å². The molecule has 0 bridgehead atoms. The third-order valence-electron chi connectivity index (χ3n) is 4.84. The van der Waals surface area contributed by atoms with Crippen LogP contribution in [-0.4, -0.2) is 43.6 Å². The summed E-state index contributed by atoms with van der Waals surface area (Å²) in [6.45, 7) is 4.55. The highest BCUT2D eigenvalue weighted by molar-refractivity contribution is 5.76. The highest BCUT2D eigenvalue weighted by Gasteiger charge is 2.37. The van der Waals surface area contributed by atoms with Crippen LogP contribution in [0.3, 0.4) is 0 Å². The van der Waals surface area contributed by atoms with Crippen LogP contribution in [-0.2, 0) is 4.79 Å². The van der Waals surface area contributed by atoms with Gasteiger partial charge in [-0.05, 0) is 43.4 Å². The minimum atomic E-state index is 0.228. The van der Waals surface area contributed by atoms with Crippen LogP contribution in [0, 0.1) is 5.41 Å². The smallest absolute Gasteiger partial charge is 0.225 e. The first kappa shape index (κ1) is 14.4. The summed E-state index contributed by atoms with van der Waals surface area (Å²) in [5.74, 6) is 1.06. The molecule has 1 aromatic rings. The molecule has 1 spiro atoms. The van der Waals surface area contributed by atoms with Gasteiger partial charge < -0.3 is 15.0 Å². The number of rotatable bonds is 4. The second-order valence-corrected chi connectivity index (χ2v) is 6.22. The second kappa shape index (κ2) is 6.48. The van der Waals surface area contributed by atoms with Crippen molar-refractivity contribution in [3.05, 3.63) is 30.3 Å². The standard InChI is InChI=1S/C17H24N2O2/c20-16(6-13-21-15-4-2-1-3-5-15)19-11-8-17(9-12-19)7-10-18-14-17/h1-5,18H,6-14H2. The largest absolute Gasteiger partial charge is 0.493 e. The van der Waals surface area contributed by atoms with E-state index in [1.165, 1.54) is 6.42 Å². The number of piperidine rings is 1. The number of hydrogen-bond acceptors (Lipinski definition) is 3. The maximum atomic E-state index is 12.2. The van der Waals surface area contributed by atoms with Crippen molar-refractivity contribution < 1.29 is 9.53 Å². The first-order chi connectivity index (χ1) is 10.3. The van der Waals surface area contributed by atoms with E-state index < -0.39 is 0 Å². The summed E-state index contributed by atoms with van der Waals surface area (Å²) in [5, 5.41) is 3.46.